The van der Waals surface area contributed by atoms with Crippen molar-refractivity contribution < 1.29 is 33.7 Å². The quantitative estimate of drug-likeness (QED) is 0.221. The number of isocyanates is 1. The number of carbonyl (C=O) groups excluding carboxylic acids is 2. The van der Waals surface area contributed by atoms with Crippen molar-refractivity contribution in [1.29, 1.82) is 0 Å². The third-order valence-electron chi connectivity index (χ3n) is 5.87. The second-order valence-electron chi connectivity index (χ2n) is 8.05. The maximum atomic E-state index is 12.4. The molecule has 0 unspecified atom stereocenters. The van der Waals surface area contributed by atoms with Gasteiger partial charge in [0.15, 0.2) is 0 Å². The summed E-state index contributed by atoms with van der Waals surface area (Å²) in [5.41, 5.74) is 5.41. The highest BCUT2D eigenvalue weighted by atomic mass is 16.5. The van der Waals surface area contributed by atoms with E-state index in [2.05, 4.69) is 4.99 Å². The number of rotatable bonds is 11. The Morgan fingerprint density at radius 3 is 2.59 bits per heavy atom. The van der Waals surface area contributed by atoms with Gasteiger partial charge < -0.3 is 19.3 Å². The number of nitrogens with zero attached hydrogens (tertiary/aromatic N) is 1. The van der Waals surface area contributed by atoms with Crippen LogP contribution in [0.5, 0.6) is 5.75 Å². The SMILES string of the molecule is COc1ccc(COCc2c(C)c3c(c(N=C=O)c2CC=C(C)CCC(=O)O)C(=O)OC3)cc1. The van der Waals surface area contributed by atoms with Crippen LogP contribution in [0, 0.1) is 6.92 Å². The normalized spacial score (nSPS) is 12.7. The Kier molecular flexibility index (Phi) is 8.35. The van der Waals surface area contributed by atoms with Gasteiger partial charge in [0, 0.05) is 12.0 Å². The molecule has 2 aromatic carbocycles. The van der Waals surface area contributed by atoms with E-state index in [9.17, 15) is 14.4 Å². The van der Waals surface area contributed by atoms with Gasteiger partial charge in [-0.2, -0.15) is 4.99 Å². The van der Waals surface area contributed by atoms with Gasteiger partial charge >= 0.3 is 11.9 Å². The predicted octanol–water partition coefficient (Wildman–Crippen LogP) is 4.71. The monoisotopic (exact) mass is 465 g/mol. The molecule has 0 saturated carbocycles. The molecule has 0 aromatic heterocycles. The maximum Gasteiger partial charge on any atom is 0.341 e. The molecule has 1 aliphatic rings. The molecule has 0 spiro atoms. The Morgan fingerprint density at radius 2 is 1.94 bits per heavy atom. The summed E-state index contributed by atoms with van der Waals surface area (Å²) >= 11 is 0. The van der Waals surface area contributed by atoms with Gasteiger partial charge in [-0.15, -0.1) is 0 Å². The van der Waals surface area contributed by atoms with Gasteiger partial charge in [-0.25, -0.2) is 9.59 Å². The fraction of sp³-hybridized carbons (Fsp3) is 0.346. The lowest BCUT2D eigenvalue weighted by Gasteiger charge is -2.18. The number of esters is 1. The topological polar surface area (TPSA) is 111 Å². The molecule has 0 aliphatic carbocycles. The Bertz CT molecular complexity index is 1160. The summed E-state index contributed by atoms with van der Waals surface area (Å²) in [4.78, 5) is 38.4. The number of ether oxygens (including phenoxy) is 3. The van der Waals surface area contributed by atoms with E-state index in [0.29, 0.717) is 30.6 Å². The number of carboxylic acids is 1. The largest absolute Gasteiger partial charge is 0.497 e. The van der Waals surface area contributed by atoms with Crippen molar-refractivity contribution in [3.63, 3.8) is 0 Å². The molecule has 0 bridgehead atoms. The summed E-state index contributed by atoms with van der Waals surface area (Å²) in [5.74, 6) is -0.639. The summed E-state index contributed by atoms with van der Waals surface area (Å²) in [6.45, 7) is 4.44. The minimum atomic E-state index is -0.872. The molecule has 2 aromatic rings. The first kappa shape index (κ1) is 24.9. The van der Waals surface area contributed by atoms with E-state index >= 15 is 0 Å². The zero-order chi connectivity index (χ0) is 24.7. The van der Waals surface area contributed by atoms with Gasteiger partial charge in [0.2, 0.25) is 6.08 Å². The number of aliphatic imine (C=N–C) groups is 1. The first-order valence-corrected chi connectivity index (χ1v) is 10.9. The van der Waals surface area contributed by atoms with Crippen LogP contribution >= 0.6 is 0 Å². The average molecular weight is 466 g/mol. The summed E-state index contributed by atoms with van der Waals surface area (Å²) in [6.07, 6.45) is 4.23. The van der Waals surface area contributed by atoms with Crippen LogP contribution in [-0.2, 0) is 45.3 Å². The van der Waals surface area contributed by atoms with Crippen LogP contribution in [0.25, 0.3) is 0 Å². The summed E-state index contributed by atoms with van der Waals surface area (Å²) in [6, 6.07) is 7.54. The Labute approximate surface area is 197 Å². The Balaban J connectivity index is 1.94. The summed E-state index contributed by atoms with van der Waals surface area (Å²) in [5, 5.41) is 8.94. The van der Waals surface area contributed by atoms with Gasteiger partial charge in [0.05, 0.1) is 31.6 Å². The van der Waals surface area contributed by atoms with Gasteiger partial charge in [-0.3, -0.25) is 4.79 Å². The molecule has 34 heavy (non-hydrogen) atoms. The smallest absolute Gasteiger partial charge is 0.341 e. The molecule has 8 heteroatoms. The third kappa shape index (κ3) is 5.78. The van der Waals surface area contributed by atoms with Gasteiger partial charge in [-0.05, 0) is 61.1 Å². The predicted molar refractivity (Wildman–Crippen MR) is 124 cm³/mol. The second kappa shape index (κ2) is 11.4. The number of fused-ring (bicyclic) bond motifs is 1. The van der Waals surface area contributed by atoms with Crippen molar-refractivity contribution in [1.82, 2.24) is 0 Å². The molecule has 0 atom stereocenters. The molecule has 0 radical (unpaired) electrons. The fourth-order valence-electron chi connectivity index (χ4n) is 3.90. The molecule has 0 fully saturated rings. The van der Waals surface area contributed by atoms with E-state index in [4.69, 9.17) is 19.3 Å². The van der Waals surface area contributed by atoms with Crippen LogP contribution in [0.2, 0.25) is 0 Å². The zero-order valence-corrected chi connectivity index (χ0v) is 19.5. The van der Waals surface area contributed by atoms with Crippen molar-refractivity contribution >= 4 is 23.7 Å². The van der Waals surface area contributed by atoms with E-state index < -0.39 is 11.9 Å². The van der Waals surface area contributed by atoms with Crippen LogP contribution in [0.3, 0.4) is 0 Å². The number of hydrogen-bond acceptors (Lipinski definition) is 7. The van der Waals surface area contributed by atoms with E-state index in [0.717, 1.165) is 28.0 Å². The molecule has 8 nitrogen and oxygen atoms in total. The second-order valence-corrected chi connectivity index (χ2v) is 8.05. The van der Waals surface area contributed by atoms with Gasteiger partial charge in [-0.1, -0.05) is 23.8 Å². The van der Waals surface area contributed by atoms with Gasteiger partial charge in [0.1, 0.15) is 12.4 Å². The Hall–Kier alpha value is -3.74. The van der Waals surface area contributed by atoms with Crippen LogP contribution in [0.15, 0.2) is 40.9 Å². The van der Waals surface area contributed by atoms with Crippen LogP contribution < -0.4 is 4.74 Å². The lowest BCUT2D eigenvalue weighted by Crippen LogP contribution is -2.07. The highest BCUT2D eigenvalue weighted by Crippen LogP contribution is 2.39. The summed E-state index contributed by atoms with van der Waals surface area (Å²) < 4.78 is 16.4. The van der Waals surface area contributed by atoms with Crippen LogP contribution in [-0.4, -0.2) is 30.2 Å². The molecule has 3 rings (SSSR count). The molecule has 1 heterocycles. The number of methoxy groups -OCH3 is 1. The number of aliphatic carboxylic acids is 1. The zero-order valence-electron chi connectivity index (χ0n) is 19.5. The van der Waals surface area contributed by atoms with Crippen molar-refractivity contribution in [2.75, 3.05) is 7.11 Å². The lowest BCUT2D eigenvalue weighted by molar-refractivity contribution is -0.136. The molecule has 0 amide bonds. The molecule has 1 N–H and O–H groups in total. The van der Waals surface area contributed by atoms with Crippen molar-refractivity contribution in [3.05, 3.63) is 69.3 Å². The van der Waals surface area contributed by atoms with Crippen molar-refractivity contribution in [3.8, 4) is 5.75 Å². The standard InChI is InChI=1S/C26H27NO7/c1-16(5-11-23(29)30)4-10-20-21(13-33-12-18-6-8-19(32-3)9-7-18)17(2)22-14-34-26(31)24(22)25(20)27-15-28/h4,6-9H,5,10-14H2,1-3H3,(H,29,30). The first-order valence-electron chi connectivity index (χ1n) is 10.9. The van der Waals surface area contributed by atoms with Crippen molar-refractivity contribution in [2.45, 2.75) is 52.9 Å². The molecular formula is C26H27NO7. The molecular weight excluding hydrogens is 438 g/mol. The van der Waals surface area contributed by atoms with Crippen LogP contribution in [0.4, 0.5) is 5.69 Å². The summed E-state index contributed by atoms with van der Waals surface area (Å²) in [7, 11) is 1.61. The highest BCUT2D eigenvalue weighted by Gasteiger charge is 2.31. The minimum Gasteiger partial charge on any atom is -0.497 e. The number of benzene rings is 2. The fourth-order valence-corrected chi connectivity index (χ4v) is 3.90. The van der Waals surface area contributed by atoms with E-state index in [1.54, 1.807) is 13.2 Å². The minimum absolute atomic E-state index is 0.0229. The lowest BCUT2D eigenvalue weighted by atomic mass is 9.89. The van der Waals surface area contributed by atoms with E-state index in [1.807, 2.05) is 44.2 Å². The number of hydrogen-bond donors (Lipinski definition) is 1. The van der Waals surface area contributed by atoms with E-state index in [-0.39, 0.29) is 30.9 Å². The highest BCUT2D eigenvalue weighted by molar-refractivity contribution is 6.00. The molecule has 178 valence electrons. The number of cyclic esters (lactones) is 1. The van der Waals surface area contributed by atoms with Crippen LogP contribution in [0.1, 0.15) is 57.9 Å². The first-order chi connectivity index (χ1) is 16.3. The van der Waals surface area contributed by atoms with Gasteiger partial charge in [0.25, 0.3) is 0 Å². The van der Waals surface area contributed by atoms with Crippen molar-refractivity contribution in [2.24, 2.45) is 4.99 Å². The molecule has 1 aliphatic heterocycles. The third-order valence-corrected chi connectivity index (χ3v) is 5.87. The molecule has 0 saturated heterocycles. The van der Waals surface area contributed by atoms with E-state index in [1.165, 1.54) is 0 Å². The number of carboxylic acid groups (broad SMARTS) is 1. The maximum absolute atomic E-state index is 12.4. The number of carbonyl (C=O) groups is 2. The number of allylic oxidation sites excluding steroid dienone is 2. The Morgan fingerprint density at radius 1 is 1.21 bits per heavy atom. The average Bonchev–Trinajstić information content (AvgIpc) is 3.21.